The summed E-state index contributed by atoms with van der Waals surface area (Å²) in [5, 5.41) is 18.6. The number of hydrogen-bond donors (Lipinski definition) is 3. The Bertz CT molecular complexity index is 653. The van der Waals surface area contributed by atoms with E-state index in [1.807, 2.05) is 44.2 Å². The van der Waals surface area contributed by atoms with Crippen LogP contribution >= 0.6 is 0 Å². The molecule has 0 aliphatic rings. The van der Waals surface area contributed by atoms with Gasteiger partial charge in [-0.25, -0.2) is 4.79 Å². The summed E-state index contributed by atoms with van der Waals surface area (Å²) in [4.78, 5) is 10.9. The number of benzene rings is 2. The molecule has 2 unspecified atom stereocenters. The van der Waals surface area contributed by atoms with Gasteiger partial charge in [0.1, 0.15) is 6.23 Å². The van der Waals surface area contributed by atoms with Crippen LogP contribution in [0, 0.1) is 5.41 Å². The minimum atomic E-state index is -0.915. The van der Waals surface area contributed by atoms with Gasteiger partial charge in [-0.1, -0.05) is 63.2 Å². The molecule has 0 heterocycles. The molecule has 4 N–H and O–H groups in total. The second-order valence-electron chi connectivity index (χ2n) is 6.75. The Kier molecular flexibility index (Phi) is 9.03. The van der Waals surface area contributed by atoms with E-state index in [9.17, 15) is 9.90 Å². The summed E-state index contributed by atoms with van der Waals surface area (Å²) in [5.74, 6) is -0.915. The van der Waals surface area contributed by atoms with Gasteiger partial charge in [-0.15, -0.1) is 0 Å². The molecule has 4 nitrogen and oxygen atoms in total. The lowest BCUT2D eigenvalue weighted by molar-refractivity contribution is 0.0696. The predicted octanol–water partition coefficient (Wildman–Crippen LogP) is 4.26. The zero-order chi connectivity index (χ0) is 19.6. The molecule has 2 rings (SSSR count). The Hall–Kier alpha value is -2.17. The van der Waals surface area contributed by atoms with Gasteiger partial charge in [-0.2, -0.15) is 0 Å². The van der Waals surface area contributed by atoms with Gasteiger partial charge < -0.3 is 15.9 Å². The van der Waals surface area contributed by atoms with Gasteiger partial charge in [0, 0.05) is 0 Å². The van der Waals surface area contributed by atoms with Gasteiger partial charge in [0.25, 0.3) is 0 Å². The fraction of sp³-hybridized carbons (Fsp3) is 0.409. The highest BCUT2D eigenvalue weighted by Gasteiger charge is 2.26. The summed E-state index contributed by atoms with van der Waals surface area (Å²) >= 11 is 0. The Morgan fingerprint density at radius 1 is 1.04 bits per heavy atom. The van der Waals surface area contributed by atoms with Crippen molar-refractivity contribution in [1.29, 1.82) is 0 Å². The van der Waals surface area contributed by atoms with Crippen molar-refractivity contribution >= 4 is 5.97 Å². The van der Waals surface area contributed by atoms with E-state index in [-0.39, 0.29) is 5.41 Å². The lowest BCUT2D eigenvalue weighted by Gasteiger charge is -2.31. The first-order chi connectivity index (χ1) is 12.4. The van der Waals surface area contributed by atoms with Crippen LogP contribution in [0.1, 0.15) is 55.1 Å². The maximum atomic E-state index is 10.9. The molecule has 26 heavy (non-hydrogen) atoms. The highest BCUT2D eigenvalue weighted by atomic mass is 16.4. The van der Waals surface area contributed by atoms with Crippen LogP contribution in [0.2, 0.25) is 0 Å². The van der Waals surface area contributed by atoms with Crippen molar-refractivity contribution in [1.82, 2.24) is 0 Å². The second-order valence-corrected chi connectivity index (χ2v) is 6.75. The third-order valence-corrected chi connectivity index (χ3v) is 4.39. The summed E-state index contributed by atoms with van der Waals surface area (Å²) in [6.45, 7) is 6.14. The van der Waals surface area contributed by atoms with Crippen LogP contribution in [0.15, 0.2) is 54.6 Å². The highest BCUT2D eigenvalue weighted by Crippen LogP contribution is 2.33. The third kappa shape index (κ3) is 7.38. The number of aliphatic hydroxyl groups is 1. The van der Waals surface area contributed by atoms with Gasteiger partial charge in [-0.05, 0) is 54.4 Å². The predicted molar refractivity (Wildman–Crippen MR) is 106 cm³/mol. The molecular weight excluding hydrogens is 326 g/mol. The quantitative estimate of drug-likeness (QED) is 0.616. The maximum absolute atomic E-state index is 10.9. The smallest absolute Gasteiger partial charge is 0.335 e. The number of carboxylic acid groups (broad SMARTS) is 1. The van der Waals surface area contributed by atoms with E-state index in [1.54, 1.807) is 12.1 Å². The number of aromatic carboxylic acids is 1. The molecule has 4 heteroatoms. The molecule has 0 aliphatic heterocycles. The summed E-state index contributed by atoms with van der Waals surface area (Å²) < 4.78 is 0. The van der Waals surface area contributed by atoms with Crippen molar-refractivity contribution < 1.29 is 15.0 Å². The number of carbonyl (C=O) groups is 1. The number of rotatable bonds is 8. The molecule has 0 radical (unpaired) electrons. The van der Waals surface area contributed by atoms with Gasteiger partial charge in [0.2, 0.25) is 0 Å². The summed E-state index contributed by atoms with van der Waals surface area (Å²) in [5.41, 5.74) is 8.13. The molecule has 0 amide bonds. The lowest BCUT2D eigenvalue weighted by atomic mass is 9.75. The SMILES string of the molecule is CC.CC(CCc1ccc(C(=O)O)cc1)(Cc1ccccc1)CC(N)O. The molecule has 2 aromatic rings. The molecule has 0 saturated heterocycles. The van der Waals surface area contributed by atoms with Crippen molar-refractivity contribution in [3.05, 3.63) is 71.3 Å². The van der Waals surface area contributed by atoms with Crippen LogP contribution in [-0.2, 0) is 12.8 Å². The van der Waals surface area contributed by atoms with E-state index in [2.05, 4.69) is 19.1 Å². The zero-order valence-electron chi connectivity index (χ0n) is 16.0. The summed E-state index contributed by atoms with van der Waals surface area (Å²) in [6.07, 6.45) is 2.20. The summed E-state index contributed by atoms with van der Waals surface area (Å²) in [7, 11) is 0. The standard InChI is InChI=1S/C20H25NO3.C2H6/c1-20(14-18(21)22,13-16-5-3-2-4-6-16)12-11-15-7-9-17(10-8-15)19(23)24;1-2/h2-10,18,22H,11-14,21H2,1H3,(H,23,24);1-2H3. The van der Waals surface area contributed by atoms with Crippen LogP contribution in [0.3, 0.4) is 0 Å². The number of carboxylic acids is 1. The topological polar surface area (TPSA) is 83.5 Å². The Morgan fingerprint density at radius 2 is 1.62 bits per heavy atom. The first-order valence-corrected chi connectivity index (χ1v) is 9.18. The number of aliphatic hydroxyl groups excluding tert-OH is 1. The van der Waals surface area contributed by atoms with E-state index >= 15 is 0 Å². The molecule has 0 spiro atoms. The first kappa shape index (κ1) is 21.9. The van der Waals surface area contributed by atoms with Crippen molar-refractivity contribution in [3.8, 4) is 0 Å². The number of nitrogens with two attached hydrogens (primary N) is 1. The van der Waals surface area contributed by atoms with Crippen LogP contribution in [0.25, 0.3) is 0 Å². The third-order valence-electron chi connectivity index (χ3n) is 4.39. The molecule has 0 fully saturated rings. The summed E-state index contributed by atoms with van der Waals surface area (Å²) in [6, 6.07) is 17.2. The van der Waals surface area contributed by atoms with Crippen molar-refractivity contribution in [2.75, 3.05) is 0 Å². The monoisotopic (exact) mass is 357 g/mol. The van der Waals surface area contributed by atoms with E-state index in [0.29, 0.717) is 12.0 Å². The largest absolute Gasteiger partial charge is 0.478 e. The number of aryl methyl sites for hydroxylation is 1. The lowest BCUT2D eigenvalue weighted by Crippen LogP contribution is -2.31. The van der Waals surface area contributed by atoms with Crippen molar-refractivity contribution in [2.45, 2.75) is 52.7 Å². The maximum Gasteiger partial charge on any atom is 0.335 e. The minimum absolute atomic E-state index is 0.124. The average molecular weight is 357 g/mol. The molecule has 2 atom stereocenters. The van der Waals surface area contributed by atoms with E-state index in [4.69, 9.17) is 10.8 Å². The van der Waals surface area contributed by atoms with E-state index in [0.717, 1.165) is 24.8 Å². The van der Waals surface area contributed by atoms with Gasteiger partial charge >= 0.3 is 5.97 Å². The fourth-order valence-electron chi connectivity index (χ4n) is 3.12. The van der Waals surface area contributed by atoms with Crippen molar-refractivity contribution in [3.63, 3.8) is 0 Å². The fourth-order valence-corrected chi connectivity index (χ4v) is 3.12. The van der Waals surface area contributed by atoms with Crippen LogP contribution in [0.4, 0.5) is 0 Å². The van der Waals surface area contributed by atoms with E-state index < -0.39 is 12.2 Å². The minimum Gasteiger partial charge on any atom is -0.478 e. The Labute approximate surface area is 156 Å². The zero-order valence-corrected chi connectivity index (χ0v) is 16.0. The first-order valence-electron chi connectivity index (χ1n) is 9.18. The molecule has 0 aliphatic carbocycles. The molecular formula is C22H31NO3. The van der Waals surface area contributed by atoms with Gasteiger partial charge in [0.05, 0.1) is 5.56 Å². The van der Waals surface area contributed by atoms with Crippen LogP contribution in [0.5, 0.6) is 0 Å². The van der Waals surface area contributed by atoms with Crippen LogP contribution < -0.4 is 5.73 Å². The second kappa shape index (κ2) is 10.7. The molecule has 0 aromatic heterocycles. The van der Waals surface area contributed by atoms with Crippen LogP contribution in [-0.4, -0.2) is 22.4 Å². The average Bonchev–Trinajstić information content (AvgIpc) is 2.62. The Morgan fingerprint density at radius 3 is 2.12 bits per heavy atom. The Balaban J connectivity index is 0.00000163. The highest BCUT2D eigenvalue weighted by molar-refractivity contribution is 5.87. The number of hydrogen-bond acceptors (Lipinski definition) is 3. The van der Waals surface area contributed by atoms with Crippen molar-refractivity contribution in [2.24, 2.45) is 11.1 Å². The molecule has 2 aromatic carbocycles. The molecule has 0 bridgehead atoms. The normalized spacial score (nSPS) is 13.9. The molecule has 0 saturated carbocycles. The van der Waals surface area contributed by atoms with Gasteiger partial charge in [-0.3, -0.25) is 0 Å². The van der Waals surface area contributed by atoms with Gasteiger partial charge in [0.15, 0.2) is 0 Å². The molecule has 142 valence electrons. The van der Waals surface area contributed by atoms with E-state index in [1.165, 1.54) is 5.56 Å².